The molecule has 22 heavy (non-hydrogen) atoms. The Balaban J connectivity index is 1.74. The lowest BCUT2D eigenvalue weighted by Crippen LogP contribution is -2.57. The van der Waals surface area contributed by atoms with Crippen LogP contribution in [0.15, 0.2) is 18.3 Å². The quantitative estimate of drug-likeness (QED) is 0.803. The van der Waals surface area contributed by atoms with Gasteiger partial charge in [0.05, 0.1) is 0 Å². The molecule has 4 rings (SSSR count). The smallest absolute Gasteiger partial charge is 0.342 e. The van der Waals surface area contributed by atoms with Gasteiger partial charge in [-0.15, -0.1) is 0 Å². The Morgan fingerprint density at radius 3 is 2.68 bits per heavy atom. The van der Waals surface area contributed by atoms with E-state index in [2.05, 4.69) is 25.8 Å². The molecular weight excluding hydrogens is 276 g/mol. The maximum absolute atomic E-state index is 12.6. The van der Waals surface area contributed by atoms with Crippen molar-refractivity contribution in [3.8, 4) is 0 Å². The standard InChI is InChI=1S/C18H26N2O2/c1-11-14-9-12(18(14,2)3)10-15(11)22-17(21)13-7-6-8-19-16(13)20(4)5/h6-8,11-12,14-15H,9-10H2,1-5H3/t11-,12+,14-,15-/m0/s1. The Hall–Kier alpha value is -1.58. The molecule has 0 spiro atoms. The molecule has 0 radical (unpaired) electrons. The van der Waals surface area contributed by atoms with Crippen LogP contribution in [0.1, 0.15) is 44.0 Å². The molecule has 0 unspecified atom stereocenters. The molecule has 3 saturated carbocycles. The Labute approximate surface area is 132 Å². The molecule has 4 heteroatoms. The van der Waals surface area contributed by atoms with Crippen molar-refractivity contribution in [1.82, 2.24) is 4.98 Å². The highest BCUT2D eigenvalue weighted by Gasteiger charge is 2.57. The van der Waals surface area contributed by atoms with E-state index in [9.17, 15) is 4.79 Å². The SMILES string of the molecule is C[C@@H]1[C@@H](OC(=O)c2cccnc2N(C)C)C[C@H]2C[C@@H]1C2(C)C. The third-order valence-corrected chi connectivity index (χ3v) is 5.97. The molecular formula is C18H26N2O2. The van der Waals surface area contributed by atoms with E-state index < -0.39 is 0 Å². The second-order valence-corrected chi connectivity index (χ2v) is 7.67. The average molecular weight is 302 g/mol. The van der Waals surface area contributed by atoms with Crippen LogP contribution < -0.4 is 4.90 Å². The highest BCUT2D eigenvalue weighted by molar-refractivity contribution is 5.94. The fraction of sp³-hybridized carbons (Fsp3) is 0.667. The molecule has 1 aromatic heterocycles. The Morgan fingerprint density at radius 1 is 1.36 bits per heavy atom. The Kier molecular flexibility index (Phi) is 3.66. The number of esters is 1. The van der Waals surface area contributed by atoms with E-state index in [0.29, 0.717) is 34.6 Å². The number of hydrogen-bond acceptors (Lipinski definition) is 4. The number of aromatic nitrogens is 1. The molecule has 3 aliphatic rings. The summed E-state index contributed by atoms with van der Waals surface area (Å²) in [6.07, 6.45) is 4.03. The minimum Gasteiger partial charge on any atom is -0.458 e. The number of carbonyl (C=O) groups is 1. The van der Waals surface area contributed by atoms with E-state index in [4.69, 9.17) is 4.74 Å². The molecule has 0 aromatic carbocycles. The van der Waals surface area contributed by atoms with Gasteiger partial charge in [-0.2, -0.15) is 0 Å². The number of ether oxygens (including phenoxy) is 1. The van der Waals surface area contributed by atoms with Gasteiger partial charge < -0.3 is 9.64 Å². The van der Waals surface area contributed by atoms with Gasteiger partial charge in [0.1, 0.15) is 17.5 Å². The molecule has 0 saturated heterocycles. The molecule has 4 nitrogen and oxygen atoms in total. The lowest BCUT2D eigenvalue weighted by Gasteiger charge is -2.61. The van der Waals surface area contributed by atoms with Gasteiger partial charge in [-0.1, -0.05) is 20.8 Å². The monoisotopic (exact) mass is 302 g/mol. The summed E-state index contributed by atoms with van der Waals surface area (Å²) in [7, 11) is 3.78. The zero-order valence-corrected chi connectivity index (χ0v) is 14.2. The zero-order chi connectivity index (χ0) is 16.1. The lowest BCUT2D eigenvalue weighted by molar-refractivity contribution is -0.156. The van der Waals surface area contributed by atoms with Crippen molar-refractivity contribution in [2.75, 3.05) is 19.0 Å². The van der Waals surface area contributed by atoms with E-state index in [0.717, 1.165) is 6.42 Å². The van der Waals surface area contributed by atoms with Crippen molar-refractivity contribution in [2.45, 2.75) is 39.7 Å². The Bertz CT molecular complexity index is 582. The van der Waals surface area contributed by atoms with Crippen molar-refractivity contribution in [2.24, 2.45) is 23.2 Å². The summed E-state index contributed by atoms with van der Waals surface area (Å²) in [5.41, 5.74) is 0.962. The van der Waals surface area contributed by atoms with Crippen LogP contribution in [0, 0.1) is 23.2 Å². The summed E-state index contributed by atoms with van der Waals surface area (Å²) in [6, 6.07) is 3.58. The van der Waals surface area contributed by atoms with Crippen molar-refractivity contribution in [3.63, 3.8) is 0 Å². The Morgan fingerprint density at radius 2 is 2.09 bits per heavy atom. The first-order valence-corrected chi connectivity index (χ1v) is 8.15. The van der Waals surface area contributed by atoms with E-state index in [1.54, 1.807) is 18.3 Å². The van der Waals surface area contributed by atoms with Crippen molar-refractivity contribution < 1.29 is 9.53 Å². The van der Waals surface area contributed by atoms with Crippen LogP contribution in [-0.4, -0.2) is 31.2 Å². The summed E-state index contributed by atoms with van der Waals surface area (Å²) >= 11 is 0. The number of pyridine rings is 1. The average Bonchev–Trinajstić information content (AvgIpc) is 2.48. The number of hydrogen-bond donors (Lipinski definition) is 0. The van der Waals surface area contributed by atoms with E-state index in [-0.39, 0.29) is 12.1 Å². The molecule has 0 N–H and O–H groups in total. The highest BCUT2D eigenvalue weighted by atomic mass is 16.5. The molecule has 3 fully saturated rings. The predicted molar refractivity (Wildman–Crippen MR) is 86.9 cm³/mol. The topological polar surface area (TPSA) is 42.4 Å². The van der Waals surface area contributed by atoms with Crippen LogP contribution in [0.4, 0.5) is 5.82 Å². The van der Waals surface area contributed by atoms with Crippen LogP contribution in [0.25, 0.3) is 0 Å². The van der Waals surface area contributed by atoms with Crippen LogP contribution in [-0.2, 0) is 4.74 Å². The third kappa shape index (κ3) is 2.29. The van der Waals surface area contributed by atoms with Gasteiger partial charge in [-0.25, -0.2) is 9.78 Å². The number of fused-ring (bicyclic) bond motifs is 2. The summed E-state index contributed by atoms with van der Waals surface area (Å²) in [4.78, 5) is 18.7. The molecule has 2 bridgehead atoms. The molecule has 0 amide bonds. The van der Waals surface area contributed by atoms with Crippen LogP contribution >= 0.6 is 0 Å². The number of carbonyl (C=O) groups excluding carboxylic acids is 1. The number of anilines is 1. The second-order valence-electron chi connectivity index (χ2n) is 7.67. The zero-order valence-electron chi connectivity index (χ0n) is 14.2. The molecule has 4 atom stereocenters. The molecule has 1 heterocycles. The number of rotatable bonds is 3. The van der Waals surface area contributed by atoms with Gasteiger partial charge in [0.25, 0.3) is 0 Å². The highest BCUT2D eigenvalue weighted by Crippen LogP contribution is 2.61. The minimum atomic E-state index is -0.243. The normalized spacial score (nSPS) is 32.0. The predicted octanol–water partition coefficient (Wildman–Crippen LogP) is 3.38. The largest absolute Gasteiger partial charge is 0.458 e. The van der Waals surface area contributed by atoms with Crippen LogP contribution in [0.5, 0.6) is 0 Å². The van der Waals surface area contributed by atoms with Gasteiger partial charge in [0.15, 0.2) is 0 Å². The second kappa shape index (κ2) is 5.25. The fourth-order valence-corrected chi connectivity index (χ4v) is 4.37. The summed E-state index contributed by atoms with van der Waals surface area (Å²) in [6.45, 7) is 6.94. The van der Waals surface area contributed by atoms with Gasteiger partial charge in [-0.05, 0) is 48.1 Å². The van der Waals surface area contributed by atoms with E-state index >= 15 is 0 Å². The maximum Gasteiger partial charge on any atom is 0.342 e. The summed E-state index contributed by atoms with van der Waals surface area (Å²) in [5.74, 6) is 2.22. The van der Waals surface area contributed by atoms with Crippen LogP contribution in [0.3, 0.4) is 0 Å². The minimum absolute atomic E-state index is 0.0412. The first-order chi connectivity index (χ1) is 10.3. The maximum atomic E-state index is 12.6. The van der Waals surface area contributed by atoms with Gasteiger partial charge >= 0.3 is 5.97 Å². The molecule has 120 valence electrons. The third-order valence-electron chi connectivity index (χ3n) is 5.97. The summed E-state index contributed by atoms with van der Waals surface area (Å²) < 4.78 is 5.87. The van der Waals surface area contributed by atoms with Crippen molar-refractivity contribution >= 4 is 11.8 Å². The van der Waals surface area contributed by atoms with Crippen molar-refractivity contribution in [3.05, 3.63) is 23.9 Å². The fourth-order valence-electron chi connectivity index (χ4n) is 4.37. The number of nitrogens with zero attached hydrogens (tertiary/aromatic N) is 2. The molecule has 1 aromatic rings. The first-order valence-electron chi connectivity index (χ1n) is 8.15. The van der Waals surface area contributed by atoms with Crippen molar-refractivity contribution in [1.29, 1.82) is 0 Å². The lowest BCUT2D eigenvalue weighted by atomic mass is 9.45. The molecule has 0 aliphatic heterocycles. The van der Waals surface area contributed by atoms with Crippen LogP contribution in [0.2, 0.25) is 0 Å². The summed E-state index contributed by atoms with van der Waals surface area (Å²) in [5, 5.41) is 0. The molecule has 3 aliphatic carbocycles. The first kappa shape index (κ1) is 15.3. The van der Waals surface area contributed by atoms with Gasteiger partial charge in [0, 0.05) is 20.3 Å². The van der Waals surface area contributed by atoms with Gasteiger partial charge in [0.2, 0.25) is 0 Å². The van der Waals surface area contributed by atoms with E-state index in [1.807, 2.05) is 19.0 Å². The van der Waals surface area contributed by atoms with Gasteiger partial charge in [-0.3, -0.25) is 0 Å². The van der Waals surface area contributed by atoms with E-state index in [1.165, 1.54) is 6.42 Å².